The van der Waals surface area contributed by atoms with Gasteiger partial charge in [-0.05, 0) is 49.6 Å². The summed E-state index contributed by atoms with van der Waals surface area (Å²) >= 11 is 0. The fraction of sp³-hybridized carbons (Fsp3) is 0.238. The van der Waals surface area contributed by atoms with Gasteiger partial charge in [-0.25, -0.2) is 0 Å². The Morgan fingerprint density at radius 2 is 1.79 bits per heavy atom. The lowest BCUT2D eigenvalue weighted by atomic mass is 9.79. The summed E-state index contributed by atoms with van der Waals surface area (Å²) < 4.78 is 0. The van der Waals surface area contributed by atoms with Crippen LogP contribution in [0.4, 0.5) is 5.69 Å². The Morgan fingerprint density at radius 3 is 2.42 bits per heavy atom. The summed E-state index contributed by atoms with van der Waals surface area (Å²) in [5, 5.41) is 8.93. The van der Waals surface area contributed by atoms with Crippen LogP contribution in [0.1, 0.15) is 30.9 Å². The molecule has 1 atom stereocenters. The van der Waals surface area contributed by atoms with Crippen LogP contribution in [0.5, 0.6) is 0 Å². The van der Waals surface area contributed by atoms with Crippen molar-refractivity contribution in [1.29, 1.82) is 5.26 Å². The Kier molecular flexibility index (Phi) is 4.22. The first-order valence-electron chi connectivity index (χ1n) is 8.08. The second-order valence-electron chi connectivity index (χ2n) is 6.45. The van der Waals surface area contributed by atoms with Gasteiger partial charge in [0.1, 0.15) is 0 Å². The van der Waals surface area contributed by atoms with E-state index in [4.69, 9.17) is 5.26 Å². The van der Waals surface area contributed by atoms with Crippen LogP contribution in [-0.2, 0) is 10.2 Å². The molecular formula is C21H20N2O. The van der Waals surface area contributed by atoms with Gasteiger partial charge in [0.2, 0.25) is 0 Å². The quantitative estimate of drug-likeness (QED) is 0.797. The Hall–Kier alpha value is -2.86. The van der Waals surface area contributed by atoms with Crippen molar-refractivity contribution < 1.29 is 4.79 Å². The minimum Gasteiger partial charge on any atom is -0.351 e. The van der Waals surface area contributed by atoms with Crippen LogP contribution in [0.2, 0.25) is 0 Å². The second kappa shape index (κ2) is 6.33. The zero-order valence-electron chi connectivity index (χ0n) is 14.0. The predicted molar refractivity (Wildman–Crippen MR) is 95.7 cm³/mol. The van der Waals surface area contributed by atoms with Crippen molar-refractivity contribution in [3.05, 3.63) is 77.5 Å². The number of ketones is 1. The van der Waals surface area contributed by atoms with Crippen molar-refractivity contribution in [3.8, 4) is 6.07 Å². The minimum absolute atomic E-state index is 0.176. The molecule has 1 unspecified atom stereocenters. The van der Waals surface area contributed by atoms with Gasteiger partial charge in [0, 0.05) is 24.5 Å². The molecule has 0 bridgehead atoms. The van der Waals surface area contributed by atoms with E-state index in [1.807, 2.05) is 67.5 Å². The smallest absolute Gasteiger partial charge is 0.170 e. The third-order valence-electron chi connectivity index (χ3n) is 4.85. The number of carbonyl (C=O) groups is 1. The molecule has 1 fully saturated rings. The van der Waals surface area contributed by atoms with Gasteiger partial charge >= 0.3 is 0 Å². The zero-order valence-corrected chi connectivity index (χ0v) is 14.0. The number of nitrogens with zero attached hydrogens (tertiary/aromatic N) is 2. The maximum absolute atomic E-state index is 13.0. The van der Waals surface area contributed by atoms with Crippen molar-refractivity contribution in [3.63, 3.8) is 0 Å². The van der Waals surface area contributed by atoms with E-state index in [1.165, 1.54) is 0 Å². The van der Waals surface area contributed by atoms with Crippen LogP contribution >= 0.6 is 0 Å². The first-order chi connectivity index (χ1) is 11.5. The molecular weight excluding hydrogens is 296 g/mol. The predicted octanol–water partition coefficient (Wildman–Crippen LogP) is 4.20. The molecule has 0 N–H and O–H groups in total. The largest absolute Gasteiger partial charge is 0.351 e. The first kappa shape index (κ1) is 16.0. The van der Waals surface area contributed by atoms with E-state index in [0.717, 1.165) is 29.7 Å². The van der Waals surface area contributed by atoms with Crippen LogP contribution in [0.3, 0.4) is 0 Å². The van der Waals surface area contributed by atoms with Gasteiger partial charge in [-0.15, -0.1) is 0 Å². The standard InChI is InChI=1S/C21H20N2O/c1-21(18-10-8-16(14-22)9-11-18)13-12-17(20(21)24)15-23(2)19-6-4-3-5-7-19/h3-11,15H,12-13H2,1-2H3/b17-15+. The maximum Gasteiger partial charge on any atom is 0.170 e. The number of benzene rings is 2. The summed E-state index contributed by atoms with van der Waals surface area (Å²) in [7, 11) is 1.97. The number of anilines is 1. The lowest BCUT2D eigenvalue weighted by Crippen LogP contribution is -2.28. The molecule has 0 spiro atoms. The van der Waals surface area contributed by atoms with Crippen molar-refractivity contribution in [2.24, 2.45) is 0 Å². The third kappa shape index (κ3) is 2.83. The van der Waals surface area contributed by atoms with Gasteiger partial charge < -0.3 is 4.90 Å². The van der Waals surface area contributed by atoms with Gasteiger partial charge in [0.15, 0.2) is 5.78 Å². The molecule has 24 heavy (non-hydrogen) atoms. The van der Waals surface area contributed by atoms with Crippen LogP contribution in [0.15, 0.2) is 66.4 Å². The number of Topliss-reactive ketones (excluding diaryl/α,β-unsaturated/α-hetero) is 1. The van der Waals surface area contributed by atoms with Crippen LogP contribution in [0.25, 0.3) is 0 Å². The first-order valence-corrected chi connectivity index (χ1v) is 8.08. The molecule has 120 valence electrons. The molecule has 2 aromatic carbocycles. The topological polar surface area (TPSA) is 44.1 Å². The fourth-order valence-electron chi connectivity index (χ4n) is 3.25. The molecule has 3 heteroatoms. The zero-order chi connectivity index (χ0) is 17.2. The van der Waals surface area contributed by atoms with Gasteiger partial charge in [0.25, 0.3) is 0 Å². The lowest BCUT2D eigenvalue weighted by molar-refractivity contribution is -0.118. The molecule has 1 aliphatic rings. The van der Waals surface area contributed by atoms with E-state index in [-0.39, 0.29) is 5.78 Å². The van der Waals surface area contributed by atoms with Crippen molar-refractivity contribution in [2.75, 3.05) is 11.9 Å². The molecule has 0 saturated heterocycles. The molecule has 1 saturated carbocycles. The monoisotopic (exact) mass is 316 g/mol. The molecule has 1 aliphatic carbocycles. The summed E-state index contributed by atoms with van der Waals surface area (Å²) in [5.41, 5.74) is 3.01. The van der Waals surface area contributed by atoms with E-state index < -0.39 is 5.41 Å². The molecule has 0 radical (unpaired) electrons. The molecule has 3 rings (SSSR count). The Bertz CT molecular complexity index is 815. The Labute approximate surface area is 142 Å². The number of hydrogen-bond acceptors (Lipinski definition) is 3. The average molecular weight is 316 g/mol. The summed E-state index contributed by atoms with van der Waals surface area (Å²) in [5.74, 6) is 0.176. The van der Waals surface area contributed by atoms with Gasteiger partial charge in [-0.3, -0.25) is 4.79 Å². The lowest BCUT2D eigenvalue weighted by Gasteiger charge is -2.22. The normalized spacial score (nSPS) is 21.7. The average Bonchev–Trinajstić information content (AvgIpc) is 2.92. The van der Waals surface area contributed by atoms with Crippen LogP contribution in [0, 0.1) is 11.3 Å². The van der Waals surface area contributed by atoms with E-state index in [0.29, 0.717) is 5.56 Å². The number of hydrogen-bond donors (Lipinski definition) is 0. The summed E-state index contributed by atoms with van der Waals surface area (Å²) in [4.78, 5) is 15.0. The number of para-hydroxylation sites is 1. The Balaban J connectivity index is 1.86. The number of rotatable bonds is 3. The summed E-state index contributed by atoms with van der Waals surface area (Å²) in [6.07, 6.45) is 3.52. The van der Waals surface area contributed by atoms with E-state index in [9.17, 15) is 4.79 Å². The van der Waals surface area contributed by atoms with Crippen molar-refractivity contribution in [2.45, 2.75) is 25.2 Å². The summed E-state index contributed by atoms with van der Waals surface area (Å²) in [6, 6.07) is 19.5. The highest BCUT2D eigenvalue weighted by molar-refractivity contribution is 6.05. The Morgan fingerprint density at radius 1 is 1.12 bits per heavy atom. The fourth-order valence-corrected chi connectivity index (χ4v) is 3.25. The maximum atomic E-state index is 13.0. The highest BCUT2D eigenvalue weighted by Gasteiger charge is 2.42. The van der Waals surface area contributed by atoms with Gasteiger partial charge in [-0.2, -0.15) is 5.26 Å². The van der Waals surface area contributed by atoms with Gasteiger partial charge in [-0.1, -0.05) is 30.3 Å². The van der Waals surface area contributed by atoms with E-state index >= 15 is 0 Å². The van der Waals surface area contributed by atoms with Crippen molar-refractivity contribution in [1.82, 2.24) is 0 Å². The molecule has 3 nitrogen and oxygen atoms in total. The SMILES string of the molecule is CN(/C=C1\CCC(C)(c2ccc(C#N)cc2)C1=O)c1ccccc1. The summed E-state index contributed by atoms with van der Waals surface area (Å²) in [6.45, 7) is 2.00. The number of carbonyl (C=O) groups excluding carboxylic acids is 1. The third-order valence-corrected chi connectivity index (χ3v) is 4.85. The highest BCUT2D eigenvalue weighted by Crippen LogP contribution is 2.41. The minimum atomic E-state index is -0.503. The molecule has 0 amide bonds. The van der Waals surface area contributed by atoms with Crippen LogP contribution < -0.4 is 4.90 Å². The van der Waals surface area contributed by atoms with E-state index in [2.05, 4.69) is 6.07 Å². The molecule has 0 aromatic heterocycles. The highest BCUT2D eigenvalue weighted by atomic mass is 16.1. The number of nitriles is 1. The van der Waals surface area contributed by atoms with E-state index in [1.54, 1.807) is 12.1 Å². The molecule has 0 aliphatic heterocycles. The van der Waals surface area contributed by atoms with Gasteiger partial charge in [0.05, 0.1) is 17.0 Å². The molecule has 0 heterocycles. The number of allylic oxidation sites excluding steroid dienone is 1. The molecule has 2 aromatic rings. The van der Waals surface area contributed by atoms with Crippen molar-refractivity contribution >= 4 is 11.5 Å². The van der Waals surface area contributed by atoms with Crippen LogP contribution in [-0.4, -0.2) is 12.8 Å². The second-order valence-corrected chi connectivity index (χ2v) is 6.45.